The van der Waals surface area contributed by atoms with Crippen molar-refractivity contribution in [2.75, 3.05) is 14.2 Å². The summed E-state index contributed by atoms with van der Waals surface area (Å²) in [4.78, 5) is 11.4. The third kappa shape index (κ3) is 1.88. The van der Waals surface area contributed by atoms with Gasteiger partial charge in [-0.25, -0.2) is 0 Å². The Hall–Kier alpha value is -0.900. The monoisotopic (exact) mass is 204 g/mol. The van der Waals surface area contributed by atoms with Crippen molar-refractivity contribution in [3.05, 3.63) is 24.2 Å². The summed E-state index contributed by atoms with van der Waals surface area (Å²) in [7, 11) is -1.41. The zero-order chi connectivity index (χ0) is 9.90. The van der Waals surface area contributed by atoms with E-state index in [-0.39, 0.29) is 5.76 Å². The SMILES string of the molecule is COP(=O)(OC)C(=O)c1ccco1. The summed E-state index contributed by atoms with van der Waals surface area (Å²) in [5, 5.41) is 0. The van der Waals surface area contributed by atoms with E-state index in [1.165, 1.54) is 18.4 Å². The van der Waals surface area contributed by atoms with Gasteiger partial charge in [-0.05, 0) is 12.1 Å². The highest BCUT2D eigenvalue weighted by molar-refractivity contribution is 7.72. The highest BCUT2D eigenvalue weighted by Gasteiger charge is 2.35. The van der Waals surface area contributed by atoms with Crippen LogP contribution in [0.5, 0.6) is 0 Å². The van der Waals surface area contributed by atoms with Crippen LogP contribution in [0.2, 0.25) is 0 Å². The molecule has 0 aliphatic rings. The molecule has 0 unspecified atom stereocenters. The molecular formula is C7H9O5P. The number of hydrogen-bond acceptors (Lipinski definition) is 5. The minimum Gasteiger partial charge on any atom is -0.461 e. The first-order chi connectivity index (χ1) is 6.14. The molecule has 1 aromatic heterocycles. The molecule has 6 heteroatoms. The predicted octanol–water partition coefficient (Wildman–Crippen LogP) is 1.91. The lowest BCUT2D eigenvalue weighted by molar-refractivity contribution is 0.0996. The van der Waals surface area contributed by atoms with Crippen LogP contribution in [0.1, 0.15) is 10.6 Å². The lowest BCUT2D eigenvalue weighted by Gasteiger charge is -2.09. The van der Waals surface area contributed by atoms with Gasteiger partial charge in [0.1, 0.15) is 0 Å². The molecule has 13 heavy (non-hydrogen) atoms. The van der Waals surface area contributed by atoms with E-state index in [1.807, 2.05) is 0 Å². The van der Waals surface area contributed by atoms with Gasteiger partial charge in [0.05, 0.1) is 6.26 Å². The predicted molar refractivity (Wildman–Crippen MR) is 44.7 cm³/mol. The minimum atomic E-state index is -3.69. The molecule has 0 saturated carbocycles. The van der Waals surface area contributed by atoms with Crippen LogP contribution in [0, 0.1) is 0 Å². The Labute approximate surface area is 75.2 Å². The van der Waals surface area contributed by atoms with Crippen molar-refractivity contribution in [1.82, 2.24) is 0 Å². The van der Waals surface area contributed by atoms with Crippen molar-refractivity contribution in [1.29, 1.82) is 0 Å². The van der Waals surface area contributed by atoms with Gasteiger partial charge in [0, 0.05) is 14.2 Å². The third-order valence-corrected chi connectivity index (χ3v) is 3.14. The first-order valence-corrected chi connectivity index (χ1v) is 4.98. The Morgan fingerprint density at radius 2 is 2.08 bits per heavy atom. The van der Waals surface area contributed by atoms with Gasteiger partial charge in [-0.3, -0.25) is 9.36 Å². The van der Waals surface area contributed by atoms with Crippen LogP contribution in [0.3, 0.4) is 0 Å². The fourth-order valence-electron chi connectivity index (χ4n) is 0.776. The van der Waals surface area contributed by atoms with Gasteiger partial charge >= 0.3 is 13.1 Å². The zero-order valence-electron chi connectivity index (χ0n) is 7.22. The quantitative estimate of drug-likeness (QED) is 0.700. The Bertz CT molecular complexity index is 321. The van der Waals surface area contributed by atoms with Crippen molar-refractivity contribution in [3.8, 4) is 0 Å². The molecule has 0 radical (unpaired) electrons. The van der Waals surface area contributed by atoms with Crippen LogP contribution in [-0.2, 0) is 13.6 Å². The Morgan fingerprint density at radius 1 is 1.46 bits per heavy atom. The van der Waals surface area contributed by atoms with E-state index in [4.69, 9.17) is 4.42 Å². The maximum absolute atomic E-state index is 11.5. The fraction of sp³-hybridized carbons (Fsp3) is 0.286. The van der Waals surface area contributed by atoms with E-state index in [0.29, 0.717) is 0 Å². The number of carbonyl (C=O) groups excluding carboxylic acids is 1. The summed E-state index contributed by atoms with van der Waals surface area (Å²) in [5.41, 5.74) is -0.775. The van der Waals surface area contributed by atoms with Gasteiger partial charge in [-0.15, -0.1) is 0 Å². The molecule has 5 nitrogen and oxygen atoms in total. The number of rotatable bonds is 4. The minimum absolute atomic E-state index is 0.0352. The molecule has 0 N–H and O–H groups in total. The lowest BCUT2D eigenvalue weighted by atomic mass is 10.5. The topological polar surface area (TPSA) is 65.7 Å². The highest BCUT2D eigenvalue weighted by Crippen LogP contribution is 2.49. The van der Waals surface area contributed by atoms with Crippen LogP contribution in [0.15, 0.2) is 22.8 Å². The molecule has 0 spiro atoms. The standard InChI is InChI=1S/C7H9O5P/c1-10-13(9,11-2)7(8)6-4-3-5-12-6/h3-5H,1-2H3. The molecule has 0 aromatic carbocycles. The van der Waals surface area contributed by atoms with Crippen LogP contribution in [-0.4, -0.2) is 19.7 Å². The van der Waals surface area contributed by atoms with Crippen LogP contribution < -0.4 is 0 Å². The normalized spacial score (nSPS) is 11.5. The summed E-state index contributed by atoms with van der Waals surface area (Å²) in [6, 6.07) is 2.91. The molecule has 0 aliphatic heterocycles. The summed E-state index contributed by atoms with van der Waals surface area (Å²) in [6.07, 6.45) is 1.31. The molecule has 0 bridgehead atoms. The molecule has 1 heterocycles. The molecule has 1 rings (SSSR count). The highest BCUT2D eigenvalue weighted by atomic mass is 31.2. The van der Waals surface area contributed by atoms with Gasteiger partial charge in [-0.2, -0.15) is 0 Å². The molecule has 0 atom stereocenters. The summed E-state index contributed by atoms with van der Waals surface area (Å²) >= 11 is 0. The number of hydrogen-bond donors (Lipinski definition) is 0. The van der Waals surface area contributed by atoms with E-state index >= 15 is 0 Å². The largest absolute Gasteiger partial charge is 0.461 e. The zero-order valence-corrected chi connectivity index (χ0v) is 8.11. The summed E-state index contributed by atoms with van der Waals surface area (Å²) in [6.45, 7) is 0. The van der Waals surface area contributed by atoms with Crippen LogP contribution >= 0.6 is 7.60 Å². The molecule has 0 amide bonds. The first-order valence-electron chi connectivity index (χ1n) is 3.44. The number of carbonyl (C=O) groups is 1. The van der Waals surface area contributed by atoms with Gasteiger partial charge in [0.15, 0.2) is 5.76 Å². The van der Waals surface area contributed by atoms with E-state index in [1.54, 1.807) is 0 Å². The Balaban J connectivity index is 2.96. The van der Waals surface area contributed by atoms with E-state index in [0.717, 1.165) is 14.2 Å². The fourth-order valence-corrected chi connectivity index (χ4v) is 1.65. The van der Waals surface area contributed by atoms with Crippen molar-refractivity contribution < 1.29 is 22.8 Å². The average Bonchev–Trinajstić information content (AvgIpc) is 2.68. The molecule has 0 aliphatic carbocycles. The first kappa shape index (κ1) is 10.2. The second kappa shape index (κ2) is 3.87. The molecule has 1 aromatic rings. The Morgan fingerprint density at radius 3 is 2.46 bits per heavy atom. The second-order valence-electron chi connectivity index (χ2n) is 2.15. The second-order valence-corrected chi connectivity index (χ2v) is 4.28. The third-order valence-electron chi connectivity index (χ3n) is 1.46. The van der Waals surface area contributed by atoms with Crippen molar-refractivity contribution in [3.63, 3.8) is 0 Å². The smallest absolute Gasteiger partial charge is 0.404 e. The van der Waals surface area contributed by atoms with E-state index < -0.39 is 13.1 Å². The summed E-state index contributed by atoms with van der Waals surface area (Å²) < 4.78 is 25.3. The Kier molecular flexibility index (Phi) is 3.03. The maximum atomic E-state index is 11.5. The number of furan rings is 1. The van der Waals surface area contributed by atoms with Crippen LogP contribution in [0.25, 0.3) is 0 Å². The van der Waals surface area contributed by atoms with Gasteiger partial charge in [0.2, 0.25) is 0 Å². The lowest BCUT2D eigenvalue weighted by Crippen LogP contribution is -2.02. The molecular weight excluding hydrogens is 195 g/mol. The van der Waals surface area contributed by atoms with Gasteiger partial charge in [-0.1, -0.05) is 0 Å². The summed E-state index contributed by atoms with van der Waals surface area (Å²) in [5.74, 6) is -0.0352. The van der Waals surface area contributed by atoms with Crippen molar-refractivity contribution >= 4 is 13.1 Å². The van der Waals surface area contributed by atoms with Crippen LogP contribution in [0.4, 0.5) is 0 Å². The average molecular weight is 204 g/mol. The molecule has 72 valence electrons. The van der Waals surface area contributed by atoms with Crippen molar-refractivity contribution in [2.24, 2.45) is 0 Å². The molecule has 0 saturated heterocycles. The van der Waals surface area contributed by atoms with Gasteiger partial charge in [0.25, 0.3) is 0 Å². The molecule has 0 fully saturated rings. The maximum Gasteiger partial charge on any atom is 0.404 e. The van der Waals surface area contributed by atoms with E-state index in [2.05, 4.69) is 9.05 Å². The van der Waals surface area contributed by atoms with Gasteiger partial charge < -0.3 is 13.5 Å². The van der Waals surface area contributed by atoms with Crippen molar-refractivity contribution in [2.45, 2.75) is 0 Å². The van der Waals surface area contributed by atoms with E-state index in [9.17, 15) is 9.36 Å².